The number of hydrogen-bond donors (Lipinski definition) is 1. The lowest BCUT2D eigenvalue weighted by Gasteiger charge is -2.09. The van der Waals surface area contributed by atoms with Crippen LogP contribution in [0.25, 0.3) is 22.2 Å². The highest BCUT2D eigenvalue weighted by molar-refractivity contribution is 9.10. The van der Waals surface area contributed by atoms with Gasteiger partial charge in [-0.2, -0.15) is 0 Å². The molecule has 0 saturated heterocycles. The summed E-state index contributed by atoms with van der Waals surface area (Å²) in [6.45, 7) is 0.926. The standard InChI is InChI=1S/C21H14BrN3O3S/c22-13-5-6-18-12(9-13)10-15(20(27)28-18)19(26)23-16-4-2-1-3-14(16)17-11-25-7-8-29-21(25)24-17/h1-6,9-11H,7-8H2,(H,23,26). The van der Waals surface area contributed by atoms with Crippen molar-refractivity contribution in [2.45, 2.75) is 11.7 Å². The fourth-order valence-corrected chi connectivity index (χ4v) is 4.62. The Morgan fingerprint density at radius 1 is 1.21 bits per heavy atom. The molecule has 1 N–H and O–H groups in total. The molecule has 6 nitrogen and oxygen atoms in total. The smallest absolute Gasteiger partial charge is 0.349 e. The van der Waals surface area contributed by atoms with E-state index in [1.807, 2.05) is 24.4 Å². The number of rotatable bonds is 3. The van der Waals surface area contributed by atoms with Crippen LogP contribution in [0.4, 0.5) is 5.69 Å². The summed E-state index contributed by atoms with van der Waals surface area (Å²) < 4.78 is 8.25. The molecule has 0 spiro atoms. The van der Waals surface area contributed by atoms with Gasteiger partial charge < -0.3 is 14.3 Å². The summed E-state index contributed by atoms with van der Waals surface area (Å²) in [6, 6.07) is 14.2. The van der Waals surface area contributed by atoms with E-state index in [9.17, 15) is 9.59 Å². The van der Waals surface area contributed by atoms with Gasteiger partial charge in [-0.25, -0.2) is 9.78 Å². The third-order valence-corrected chi connectivity index (χ3v) is 6.16. The number of anilines is 1. The number of benzene rings is 2. The lowest BCUT2D eigenvalue weighted by molar-refractivity contribution is 0.102. The van der Waals surface area contributed by atoms with Crippen molar-refractivity contribution >= 4 is 50.3 Å². The largest absolute Gasteiger partial charge is 0.422 e. The number of hydrogen-bond acceptors (Lipinski definition) is 5. The van der Waals surface area contributed by atoms with E-state index in [1.165, 1.54) is 0 Å². The molecule has 0 unspecified atom stereocenters. The number of para-hydroxylation sites is 1. The van der Waals surface area contributed by atoms with Crippen LogP contribution in [-0.2, 0) is 6.54 Å². The Morgan fingerprint density at radius 2 is 2.07 bits per heavy atom. The van der Waals surface area contributed by atoms with Gasteiger partial charge in [-0.3, -0.25) is 4.79 Å². The molecule has 5 rings (SSSR count). The Labute approximate surface area is 178 Å². The van der Waals surface area contributed by atoms with E-state index in [4.69, 9.17) is 4.42 Å². The van der Waals surface area contributed by atoms with Crippen molar-refractivity contribution in [1.82, 2.24) is 9.55 Å². The Bertz CT molecular complexity index is 1310. The van der Waals surface area contributed by atoms with E-state index < -0.39 is 11.5 Å². The van der Waals surface area contributed by atoms with E-state index in [-0.39, 0.29) is 5.56 Å². The van der Waals surface area contributed by atoms with Crippen LogP contribution in [0.15, 0.2) is 73.6 Å². The molecule has 8 heteroatoms. The molecule has 29 heavy (non-hydrogen) atoms. The van der Waals surface area contributed by atoms with Crippen molar-refractivity contribution in [3.63, 3.8) is 0 Å². The number of halogens is 1. The Morgan fingerprint density at radius 3 is 2.93 bits per heavy atom. The first-order valence-corrected chi connectivity index (χ1v) is 10.7. The maximum Gasteiger partial charge on any atom is 0.349 e. The van der Waals surface area contributed by atoms with Gasteiger partial charge in [0.05, 0.1) is 11.4 Å². The Balaban J connectivity index is 1.51. The van der Waals surface area contributed by atoms with Gasteiger partial charge in [-0.15, -0.1) is 0 Å². The number of nitrogens with one attached hydrogen (secondary N) is 1. The number of fused-ring (bicyclic) bond motifs is 2. The van der Waals surface area contributed by atoms with Crippen LogP contribution < -0.4 is 10.9 Å². The van der Waals surface area contributed by atoms with Gasteiger partial charge in [-0.1, -0.05) is 45.9 Å². The van der Waals surface area contributed by atoms with Crippen LogP contribution in [0.3, 0.4) is 0 Å². The van der Waals surface area contributed by atoms with Gasteiger partial charge in [0.1, 0.15) is 11.1 Å². The van der Waals surface area contributed by atoms with Gasteiger partial charge in [0, 0.05) is 33.9 Å². The average Bonchev–Trinajstić information content (AvgIpc) is 3.30. The molecule has 0 aliphatic carbocycles. The van der Waals surface area contributed by atoms with Crippen molar-refractivity contribution in [3.05, 3.63) is 75.2 Å². The number of nitrogens with zero attached hydrogens (tertiary/aromatic N) is 2. The first-order chi connectivity index (χ1) is 14.1. The molecule has 0 radical (unpaired) electrons. The molecule has 1 aliphatic heterocycles. The molecule has 0 atom stereocenters. The topological polar surface area (TPSA) is 77.1 Å². The highest BCUT2D eigenvalue weighted by atomic mass is 79.9. The minimum absolute atomic E-state index is 0.0479. The quantitative estimate of drug-likeness (QED) is 0.438. The van der Waals surface area contributed by atoms with Gasteiger partial charge in [0.25, 0.3) is 5.91 Å². The zero-order valence-corrected chi connectivity index (χ0v) is 17.4. The van der Waals surface area contributed by atoms with Gasteiger partial charge in [0.15, 0.2) is 5.16 Å². The lowest BCUT2D eigenvalue weighted by Crippen LogP contribution is -2.21. The van der Waals surface area contributed by atoms with Crippen molar-refractivity contribution in [3.8, 4) is 11.3 Å². The third-order valence-electron chi connectivity index (χ3n) is 4.69. The highest BCUT2D eigenvalue weighted by Gasteiger charge is 2.19. The average molecular weight is 468 g/mol. The van der Waals surface area contributed by atoms with E-state index in [0.717, 1.165) is 33.2 Å². The first-order valence-electron chi connectivity index (χ1n) is 8.92. The molecule has 1 amide bonds. The minimum Gasteiger partial charge on any atom is -0.422 e. The number of thioether (sulfide) groups is 1. The van der Waals surface area contributed by atoms with Crippen LogP contribution in [0, 0.1) is 0 Å². The zero-order valence-electron chi connectivity index (χ0n) is 15.0. The summed E-state index contributed by atoms with van der Waals surface area (Å²) in [6.07, 6.45) is 1.99. The molecular formula is C21H14BrN3O3S. The summed E-state index contributed by atoms with van der Waals surface area (Å²) in [5.41, 5.74) is 1.89. The van der Waals surface area contributed by atoms with Crippen LogP contribution in [-0.4, -0.2) is 21.2 Å². The van der Waals surface area contributed by atoms with Gasteiger partial charge in [-0.05, 0) is 30.3 Å². The number of imidazole rings is 1. The minimum atomic E-state index is -0.674. The van der Waals surface area contributed by atoms with E-state index >= 15 is 0 Å². The van der Waals surface area contributed by atoms with Crippen molar-refractivity contribution in [1.29, 1.82) is 0 Å². The van der Waals surface area contributed by atoms with Crippen molar-refractivity contribution in [2.24, 2.45) is 0 Å². The van der Waals surface area contributed by atoms with Crippen LogP contribution >= 0.6 is 27.7 Å². The number of aryl methyl sites for hydroxylation is 1. The molecule has 2 aromatic heterocycles. The molecule has 2 aromatic carbocycles. The SMILES string of the molecule is O=C(Nc1ccccc1-c1cn2c(n1)SCC2)c1cc2cc(Br)ccc2oc1=O. The molecule has 0 fully saturated rings. The predicted octanol–water partition coefficient (Wildman–Crippen LogP) is 4.78. The molecule has 0 bridgehead atoms. The second kappa shape index (κ2) is 7.20. The highest BCUT2D eigenvalue weighted by Crippen LogP contribution is 2.32. The van der Waals surface area contributed by atoms with E-state index in [2.05, 4.69) is 30.8 Å². The van der Waals surface area contributed by atoms with Crippen LogP contribution in [0.1, 0.15) is 10.4 Å². The molecule has 3 heterocycles. The molecule has 144 valence electrons. The van der Waals surface area contributed by atoms with Crippen LogP contribution in [0.2, 0.25) is 0 Å². The molecular weight excluding hydrogens is 454 g/mol. The summed E-state index contributed by atoms with van der Waals surface area (Å²) in [5, 5.41) is 4.48. The fraction of sp³-hybridized carbons (Fsp3) is 0.0952. The van der Waals surface area contributed by atoms with Crippen molar-refractivity contribution in [2.75, 3.05) is 11.1 Å². The van der Waals surface area contributed by atoms with Gasteiger partial charge >= 0.3 is 5.63 Å². The summed E-state index contributed by atoms with van der Waals surface area (Å²) in [7, 11) is 0. The van der Waals surface area contributed by atoms with Gasteiger partial charge in [0.2, 0.25) is 0 Å². The number of aromatic nitrogens is 2. The normalized spacial score (nSPS) is 12.9. The second-order valence-corrected chi connectivity index (χ2v) is 8.56. The van der Waals surface area contributed by atoms with Crippen molar-refractivity contribution < 1.29 is 9.21 Å². The second-order valence-electron chi connectivity index (χ2n) is 6.58. The fourth-order valence-electron chi connectivity index (χ4n) is 3.30. The monoisotopic (exact) mass is 467 g/mol. The lowest BCUT2D eigenvalue weighted by atomic mass is 10.1. The first kappa shape index (κ1) is 18.2. The molecule has 0 saturated carbocycles. The van der Waals surface area contributed by atoms with E-state index in [0.29, 0.717) is 16.7 Å². The summed E-state index contributed by atoms with van der Waals surface area (Å²) in [4.78, 5) is 29.9. The number of carbonyl (C=O) groups excluding carboxylic acids is 1. The van der Waals surface area contributed by atoms with Crippen LogP contribution in [0.5, 0.6) is 0 Å². The summed E-state index contributed by atoms with van der Waals surface area (Å²) in [5.74, 6) is 0.503. The Kier molecular flexibility index (Phi) is 4.52. The maximum atomic E-state index is 12.9. The number of amides is 1. The zero-order chi connectivity index (χ0) is 20.0. The summed E-state index contributed by atoms with van der Waals surface area (Å²) >= 11 is 5.10. The number of carbonyl (C=O) groups is 1. The molecule has 4 aromatic rings. The Hall–Kier alpha value is -2.84. The third kappa shape index (κ3) is 3.38. The predicted molar refractivity (Wildman–Crippen MR) is 117 cm³/mol. The molecule has 1 aliphatic rings. The van der Waals surface area contributed by atoms with E-state index in [1.54, 1.807) is 42.1 Å². The maximum absolute atomic E-state index is 12.9.